The summed E-state index contributed by atoms with van der Waals surface area (Å²) in [4.78, 5) is 14.7. The molecule has 0 aliphatic heterocycles. The van der Waals surface area contributed by atoms with Crippen molar-refractivity contribution in [1.82, 2.24) is 9.55 Å². The van der Waals surface area contributed by atoms with E-state index in [9.17, 15) is 4.79 Å². The van der Waals surface area contributed by atoms with Crippen molar-refractivity contribution in [3.05, 3.63) is 46.0 Å². The van der Waals surface area contributed by atoms with E-state index >= 15 is 0 Å². The number of carboxylic acid groups (broad SMARTS) is 1. The smallest absolute Gasteiger partial charge is 0.356 e. The monoisotopic (exact) mass is 270 g/mol. The summed E-state index contributed by atoms with van der Waals surface area (Å²) >= 11 is 11.9. The van der Waals surface area contributed by atoms with E-state index < -0.39 is 5.97 Å². The van der Waals surface area contributed by atoms with Crippen LogP contribution in [0.1, 0.15) is 16.3 Å². The third-order valence-corrected chi connectivity index (χ3v) is 2.82. The fourth-order valence-electron chi connectivity index (χ4n) is 1.49. The first-order valence-corrected chi connectivity index (χ1v) is 5.49. The lowest BCUT2D eigenvalue weighted by Crippen LogP contribution is -1.96. The number of halogens is 2. The largest absolute Gasteiger partial charge is 0.476 e. The molecule has 2 aromatic rings. The third kappa shape index (κ3) is 2.28. The maximum Gasteiger partial charge on any atom is 0.356 e. The van der Waals surface area contributed by atoms with Gasteiger partial charge in [0.1, 0.15) is 5.82 Å². The van der Waals surface area contributed by atoms with E-state index in [0.29, 0.717) is 21.6 Å². The van der Waals surface area contributed by atoms with Gasteiger partial charge in [-0.3, -0.25) is 0 Å². The summed E-state index contributed by atoms with van der Waals surface area (Å²) in [5.41, 5.74) is 0.579. The second kappa shape index (κ2) is 4.39. The van der Waals surface area contributed by atoms with E-state index in [0.717, 1.165) is 0 Å². The van der Waals surface area contributed by atoms with Crippen LogP contribution in [0.2, 0.25) is 10.0 Å². The zero-order valence-electron chi connectivity index (χ0n) is 8.82. The maximum absolute atomic E-state index is 10.8. The molecule has 1 aromatic heterocycles. The first-order chi connectivity index (χ1) is 7.99. The molecular weight excluding hydrogens is 263 g/mol. The van der Waals surface area contributed by atoms with Crippen molar-refractivity contribution in [2.45, 2.75) is 6.92 Å². The van der Waals surface area contributed by atoms with Crippen molar-refractivity contribution in [2.75, 3.05) is 0 Å². The predicted molar refractivity (Wildman–Crippen MR) is 65.3 cm³/mol. The van der Waals surface area contributed by atoms with Gasteiger partial charge in [-0.2, -0.15) is 0 Å². The first-order valence-electron chi connectivity index (χ1n) is 4.74. The molecule has 0 radical (unpaired) electrons. The van der Waals surface area contributed by atoms with E-state index in [1.807, 2.05) is 0 Å². The summed E-state index contributed by atoms with van der Waals surface area (Å²) in [5.74, 6) is -0.545. The van der Waals surface area contributed by atoms with Crippen molar-refractivity contribution in [3.8, 4) is 5.69 Å². The Bertz CT molecular complexity index is 593. The van der Waals surface area contributed by atoms with Crippen LogP contribution in [0.3, 0.4) is 0 Å². The van der Waals surface area contributed by atoms with Gasteiger partial charge < -0.3 is 9.67 Å². The minimum absolute atomic E-state index is 0.0291. The number of carboxylic acids is 1. The topological polar surface area (TPSA) is 55.1 Å². The Morgan fingerprint density at radius 3 is 2.71 bits per heavy atom. The number of benzene rings is 1. The molecule has 0 unspecified atom stereocenters. The predicted octanol–water partition coefficient (Wildman–Crippen LogP) is 3.19. The molecule has 0 aliphatic carbocycles. The van der Waals surface area contributed by atoms with Crippen LogP contribution in [-0.4, -0.2) is 20.6 Å². The molecule has 1 aromatic carbocycles. The molecule has 0 spiro atoms. The number of aromatic nitrogens is 2. The van der Waals surface area contributed by atoms with Crippen molar-refractivity contribution in [2.24, 2.45) is 0 Å². The van der Waals surface area contributed by atoms with Crippen LogP contribution in [0.4, 0.5) is 0 Å². The van der Waals surface area contributed by atoms with E-state index in [-0.39, 0.29) is 5.69 Å². The van der Waals surface area contributed by atoms with Crippen molar-refractivity contribution < 1.29 is 9.90 Å². The molecule has 1 N–H and O–H groups in total. The Balaban J connectivity index is 2.60. The molecule has 1 heterocycles. The van der Waals surface area contributed by atoms with E-state index in [1.54, 1.807) is 29.7 Å². The molecule has 0 aliphatic rings. The number of aromatic carboxylic acids is 1. The molecule has 2 rings (SSSR count). The Labute approximate surface area is 107 Å². The Morgan fingerprint density at radius 2 is 2.12 bits per heavy atom. The Morgan fingerprint density at radius 1 is 1.41 bits per heavy atom. The van der Waals surface area contributed by atoms with Gasteiger partial charge in [-0.15, -0.1) is 0 Å². The molecule has 0 atom stereocenters. The van der Waals surface area contributed by atoms with E-state index in [2.05, 4.69) is 4.98 Å². The summed E-state index contributed by atoms with van der Waals surface area (Å²) in [5, 5.41) is 9.86. The molecule has 17 heavy (non-hydrogen) atoms. The Hall–Kier alpha value is -1.52. The van der Waals surface area contributed by atoms with Gasteiger partial charge in [-0.1, -0.05) is 23.2 Å². The van der Waals surface area contributed by atoms with Gasteiger partial charge in [0, 0.05) is 11.2 Å². The van der Waals surface area contributed by atoms with E-state index in [1.165, 1.54) is 6.20 Å². The third-order valence-electron chi connectivity index (χ3n) is 2.27. The van der Waals surface area contributed by atoms with Gasteiger partial charge in [0.25, 0.3) is 0 Å². The Kier molecular flexibility index (Phi) is 3.09. The number of hydrogen-bond donors (Lipinski definition) is 1. The second-order valence-electron chi connectivity index (χ2n) is 3.44. The van der Waals surface area contributed by atoms with E-state index in [4.69, 9.17) is 28.3 Å². The summed E-state index contributed by atoms with van der Waals surface area (Å²) in [7, 11) is 0. The van der Waals surface area contributed by atoms with Crippen LogP contribution in [0.5, 0.6) is 0 Å². The highest BCUT2D eigenvalue weighted by Gasteiger charge is 2.13. The quantitative estimate of drug-likeness (QED) is 0.912. The number of rotatable bonds is 2. The minimum Gasteiger partial charge on any atom is -0.476 e. The summed E-state index contributed by atoms with van der Waals surface area (Å²) < 4.78 is 1.59. The van der Waals surface area contributed by atoms with Crippen LogP contribution in [0.25, 0.3) is 5.69 Å². The van der Waals surface area contributed by atoms with Gasteiger partial charge in [-0.05, 0) is 25.1 Å². The van der Waals surface area contributed by atoms with Crippen LogP contribution in [-0.2, 0) is 0 Å². The lowest BCUT2D eigenvalue weighted by molar-refractivity contribution is 0.0691. The van der Waals surface area contributed by atoms with Gasteiger partial charge in [0.05, 0.1) is 10.7 Å². The molecule has 0 saturated heterocycles. The second-order valence-corrected chi connectivity index (χ2v) is 4.29. The van der Waals surface area contributed by atoms with Gasteiger partial charge in [-0.25, -0.2) is 9.78 Å². The molecule has 6 heteroatoms. The van der Waals surface area contributed by atoms with Crippen LogP contribution < -0.4 is 0 Å². The highest BCUT2D eigenvalue weighted by atomic mass is 35.5. The number of imidazole rings is 1. The summed E-state index contributed by atoms with van der Waals surface area (Å²) in [6.45, 7) is 1.70. The lowest BCUT2D eigenvalue weighted by Gasteiger charge is -2.07. The first kappa shape index (κ1) is 12.0. The number of hydrogen-bond acceptors (Lipinski definition) is 2. The zero-order valence-corrected chi connectivity index (χ0v) is 10.3. The highest BCUT2D eigenvalue weighted by molar-refractivity contribution is 6.34. The van der Waals surface area contributed by atoms with Gasteiger partial charge in [0.2, 0.25) is 0 Å². The molecule has 0 amide bonds. The summed E-state index contributed by atoms with van der Waals surface area (Å²) in [6.07, 6.45) is 1.41. The maximum atomic E-state index is 10.8. The number of nitrogens with zero attached hydrogens (tertiary/aromatic N) is 2. The number of carbonyl (C=O) groups is 1. The fourth-order valence-corrected chi connectivity index (χ4v) is 1.87. The molecule has 0 bridgehead atoms. The van der Waals surface area contributed by atoms with Crippen molar-refractivity contribution in [3.63, 3.8) is 0 Å². The minimum atomic E-state index is -1.08. The lowest BCUT2D eigenvalue weighted by atomic mass is 10.3. The standard InChI is InChI=1S/C11H8Cl2N2O2/c1-6-14-9(11(16)17)5-15(6)10-4-7(12)2-3-8(10)13/h2-5H,1H3,(H,16,17). The molecule has 0 fully saturated rings. The van der Waals surface area contributed by atoms with Crippen LogP contribution in [0.15, 0.2) is 24.4 Å². The molecular formula is C11H8Cl2N2O2. The average molecular weight is 271 g/mol. The normalized spacial score (nSPS) is 10.5. The van der Waals surface area contributed by atoms with Crippen molar-refractivity contribution in [1.29, 1.82) is 0 Å². The summed E-state index contributed by atoms with van der Waals surface area (Å²) in [6, 6.07) is 4.97. The fraction of sp³-hybridized carbons (Fsp3) is 0.0909. The van der Waals surface area contributed by atoms with Crippen LogP contribution in [0, 0.1) is 6.92 Å². The molecule has 0 saturated carbocycles. The number of aryl methyl sites for hydroxylation is 1. The van der Waals surface area contributed by atoms with Crippen molar-refractivity contribution >= 4 is 29.2 Å². The molecule has 88 valence electrons. The highest BCUT2D eigenvalue weighted by Crippen LogP contribution is 2.25. The SMILES string of the molecule is Cc1nc(C(=O)O)cn1-c1cc(Cl)ccc1Cl. The molecule has 4 nitrogen and oxygen atoms in total. The van der Waals surface area contributed by atoms with Crippen LogP contribution >= 0.6 is 23.2 Å². The average Bonchev–Trinajstić information content (AvgIpc) is 2.64. The van der Waals surface area contributed by atoms with Gasteiger partial charge in [0.15, 0.2) is 5.69 Å². The zero-order chi connectivity index (χ0) is 12.6. The van der Waals surface area contributed by atoms with Gasteiger partial charge >= 0.3 is 5.97 Å².